The van der Waals surface area contributed by atoms with Gasteiger partial charge in [-0.15, -0.1) is 0 Å². The van der Waals surface area contributed by atoms with Crippen molar-refractivity contribution in [2.24, 2.45) is 5.41 Å². The van der Waals surface area contributed by atoms with Gasteiger partial charge < -0.3 is 4.90 Å². The number of benzene rings is 1. The van der Waals surface area contributed by atoms with E-state index in [0.717, 1.165) is 25.9 Å². The Kier molecular flexibility index (Phi) is 5.50. The summed E-state index contributed by atoms with van der Waals surface area (Å²) >= 11 is 0. The molecule has 0 bridgehead atoms. The molecule has 23 heavy (non-hydrogen) atoms. The van der Waals surface area contributed by atoms with Gasteiger partial charge in [-0.1, -0.05) is 44.5 Å². The Hall–Kier alpha value is -1.36. The van der Waals surface area contributed by atoms with Crippen LogP contribution in [-0.4, -0.2) is 36.5 Å². The van der Waals surface area contributed by atoms with E-state index in [1.54, 1.807) is 0 Å². The maximum Gasteiger partial charge on any atom is 0.393 e. The Labute approximate surface area is 135 Å². The van der Waals surface area contributed by atoms with Crippen LogP contribution in [0.2, 0.25) is 0 Å². The molecule has 0 unspecified atom stereocenters. The Bertz CT molecular complexity index is 528. The largest absolute Gasteiger partial charge is 0.393 e. The minimum atomic E-state index is -4.22. The predicted molar refractivity (Wildman–Crippen MR) is 84.6 cm³/mol. The molecular weight excluding hydrogens is 303 g/mol. The van der Waals surface area contributed by atoms with Crippen molar-refractivity contribution in [2.45, 2.75) is 45.7 Å². The first-order valence-electron chi connectivity index (χ1n) is 8.10. The highest BCUT2D eigenvalue weighted by atomic mass is 19.4. The number of likely N-dealkylation sites (tertiary alicyclic amines) is 1. The monoisotopic (exact) mass is 327 g/mol. The molecule has 1 aromatic carbocycles. The lowest BCUT2D eigenvalue weighted by Gasteiger charge is -2.34. The SMILES string of the molecule is CC(C)(CN1CCCCC1)C(=O)c1ccc(CC(F)(F)F)cc1. The molecule has 1 aromatic rings. The molecule has 0 amide bonds. The molecular formula is C18H24F3NO. The van der Waals surface area contributed by atoms with E-state index in [4.69, 9.17) is 0 Å². The Balaban J connectivity index is 2.03. The van der Waals surface area contributed by atoms with Gasteiger partial charge >= 0.3 is 6.18 Å². The third kappa shape index (κ3) is 5.34. The number of carbonyl (C=O) groups excluding carboxylic acids is 1. The molecule has 0 aromatic heterocycles. The molecule has 0 spiro atoms. The first-order valence-corrected chi connectivity index (χ1v) is 8.10. The third-order valence-electron chi connectivity index (χ3n) is 4.30. The average Bonchev–Trinajstić information content (AvgIpc) is 2.46. The zero-order valence-electron chi connectivity index (χ0n) is 13.7. The lowest BCUT2D eigenvalue weighted by molar-refractivity contribution is -0.127. The number of carbonyl (C=O) groups is 1. The van der Waals surface area contributed by atoms with Gasteiger partial charge in [0, 0.05) is 17.5 Å². The average molecular weight is 327 g/mol. The van der Waals surface area contributed by atoms with Crippen molar-refractivity contribution in [3.8, 4) is 0 Å². The second-order valence-corrected chi connectivity index (χ2v) is 7.04. The van der Waals surface area contributed by atoms with Crippen LogP contribution < -0.4 is 0 Å². The first-order chi connectivity index (χ1) is 10.7. The fourth-order valence-corrected chi connectivity index (χ4v) is 3.14. The number of Topliss-reactive ketones (excluding diaryl/α,β-unsaturated/α-hetero) is 1. The van der Waals surface area contributed by atoms with Gasteiger partial charge in [-0.25, -0.2) is 0 Å². The second-order valence-electron chi connectivity index (χ2n) is 7.04. The number of halogens is 3. The summed E-state index contributed by atoms with van der Waals surface area (Å²) in [5, 5.41) is 0. The number of hydrogen-bond acceptors (Lipinski definition) is 2. The first kappa shape index (κ1) is 18.0. The molecule has 0 radical (unpaired) electrons. The molecule has 0 atom stereocenters. The van der Waals surface area contributed by atoms with Crippen molar-refractivity contribution in [3.05, 3.63) is 35.4 Å². The van der Waals surface area contributed by atoms with E-state index in [1.165, 1.54) is 30.7 Å². The highest BCUT2D eigenvalue weighted by Gasteiger charge is 2.32. The molecule has 1 aliphatic heterocycles. The van der Waals surface area contributed by atoms with Crippen LogP contribution in [0, 0.1) is 5.41 Å². The fraction of sp³-hybridized carbons (Fsp3) is 0.611. The normalized spacial score (nSPS) is 17.3. The van der Waals surface area contributed by atoms with Crippen molar-refractivity contribution in [2.75, 3.05) is 19.6 Å². The summed E-state index contributed by atoms with van der Waals surface area (Å²) in [6, 6.07) is 5.83. The molecule has 0 aliphatic carbocycles. The van der Waals surface area contributed by atoms with E-state index in [-0.39, 0.29) is 11.3 Å². The molecule has 128 valence electrons. The summed E-state index contributed by atoms with van der Waals surface area (Å²) in [7, 11) is 0. The van der Waals surface area contributed by atoms with E-state index in [0.29, 0.717) is 12.1 Å². The van der Waals surface area contributed by atoms with Crippen molar-refractivity contribution >= 4 is 5.78 Å². The molecule has 1 fully saturated rings. The summed E-state index contributed by atoms with van der Waals surface area (Å²) in [5.41, 5.74) is 0.129. The molecule has 1 aliphatic rings. The number of ketones is 1. The summed E-state index contributed by atoms with van der Waals surface area (Å²) in [5.74, 6) is -0.0124. The molecule has 1 saturated heterocycles. The van der Waals surface area contributed by atoms with Crippen LogP contribution >= 0.6 is 0 Å². The van der Waals surface area contributed by atoms with E-state index in [2.05, 4.69) is 4.90 Å². The van der Waals surface area contributed by atoms with Crippen LogP contribution in [0.3, 0.4) is 0 Å². The van der Waals surface area contributed by atoms with Crippen LogP contribution in [0.4, 0.5) is 13.2 Å². The lowest BCUT2D eigenvalue weighted by Crippen LogP contribution is -2.41. The van der Waals surface area contributed by atoms with Gasteiger partial charge in [0.05, 0.1) is 6.42 Å². The summed E-state index contributed by atoms with van der Waals surface area (Å²) in [6.07, 6.45) is -1.62. The Morgan fingerprint density at radius 2 is 1.61 bits per heavy atom. The maximum absolute atomic E-state index is 12.7. The molecule has 5 heteroatoms. The quantitative estimate of drug-likeness (QED) is 0.743. The number of rotatable bonds is 5. The number of alkyl halides is 3. The van der Waals surface area contributed by atoms with Crippen LogP contribution in [0.15, 0.2) is 24.3 Å². The standard InChI is InChI=1S/C18H24F3NO/c1-17(2,13-22-10-4-3-5-11-22)16(23)15-8-6-14(7-9-15)12-18(19,20)21/h6-9H,3-5,10-13H2,1-2H3. The number of hydrogen-bond donors (Lipinski definition) is 0. The van der Waals surface area contributed by atoms with Gasteiger partial charge in [-0.2, -0.15) is 13.2 Å². The smallest absolute Gasteiger partial charge is 0.302 e. The van der Waals surface area contributed by atoms with E-state index in [9.17, 15) is 18.0 Å². The topological polar surface area (TPSA) is 20.3 Å². The second kappa shape index (κ2) is 7.04. The highest BCUT2D eigenvalue weighted by molar-refractivity contribution is 6.00. The van der Waals surface area contributed by atoms with E-state index < -0.39 is 18.0 Å². The van der Waals surface area contributed by atoms with E-state index >= 15 is 0 Å². The summed E-state index contributed by atoms with van der Waals surface area (Å²) < 4.78 is 37.1. The van der Waals surface area contributed by atoms with Gasteiger partial charge in [0.15, 0.2) is 5.78 Å². The molecule has 0 saturated carbocycles. The van der Waals surface area contributed by atoms with Gasteiger partial charge in [0.1, 0.15) is 0 Å². The van der Waals surface area contributed by atoms with Gasteiger partial charge in [-0.05, 0) is 31.5 Å². The molecule has 1 heterocycles. The maximum atomic E-state index is 12.7. The van der Waals surface area contributed by atoms with Crippen molar-refractivity contribution in [1.82, 2.24) is 4.90 Å². The van der Waals surface area contributed by atoms with Crippen molar-refractivity contribution < 1.29 is 18.0 Å². The van der Waals surface area contributed by atoms with Crippen LogP contribution in [0.25, 0.3) is 0 Å². The van der Waals surface area contributed by atoms with Crippen LogP contribution in [0.5, 0.6) is 0 Å². The number of nitrogens with zero attached hydrogens (tertiary/aromatic N) is 1. The minimum Gasteiger partial charge on any atom is -0.302 e. The lowest BCUT2D eigenvalue weighted by atomic mass is 9.83. The fourth-order valence-electron chi connectivity index (χ4n) is 3.14. The summed E-state index contributed by atoms with van der Waals surface area (Å²) in [6.45, 7) is 6.54. The summed E-state index contributed by atoms with van der Waals surface area (Å²) in [4.78, 5) is 15.0. The molecule has 2 rings (SSSR count). The molecule has 2 nitrogen and oxygen atoms in total. The molecule has 0 N–H and O–H groups in total. The van der Waals surface area contributed by atoms with Crippen molar-refractivity contribution in [3.63, 3.8) is 0 Å². The van der Waals surface area contributed by atoms with Crippen LogP contribution in [0.1, 0.15) is 49.0 Å². The Morgan fingerprint density at radius 1 is 1.04 bits per heavy atom. The van der Waals surface area contributed by atoms with Gasteiger partial charge in [-0.3, -0.25) is 4.79 Å². The van der Waals surface area contributed by atoms with Gasteiger partial charge in [0.25, 0.3) is 0 Å². The van der Waals surface area contributed by atoms with Crippen molar-refractivity contribution in [1.29, 1.82) is 0 Å². The van der Waals surface area contributed by atoms with E-state index in [1.807, 2.05) is 13.8 Å². The number of piperidine rings is 1. The zero-order valence-corrected chi connectivity index (χ0v) is 13.7. The predicted octanol–water partition coefficient (Wildman–Crippen LogP) is 4.49. The van der Waals surface area contributed by atoms with Crippen LogP contribution in [-0.2, 0) is 6.42 Å². The minimum absolute atomic E-state index is 0.0124. The third-order valence-corrected chi connectivity index (χ3v) is 4.30. The Morgan fingerprint density at radius 3 is 2.13 bits per heavy atom. The zero-order chi connectivity index (χ0) is 17.1. The highest BCUT2D eigenvalue weighted by Crippen LogP contribution is 2.26. The van der Waals surface area contributed by atoms with Gasteiger partial charge in [0.2, 0.25) is 0 Å².